The maximum absolute atomic E-state index is 6.43. The fraction of sp³-hybridized carbons (Fsp3) is 0.167. The minimum atomic E-state index is 0.553. The van der Waals surface area contributed by atoms with Crippen molar-refractivity contribution in [2.45, 2.75) is 6.54 Å². The Morgan fingerprint density at radius 2 is 1.55 bits per heavy atom. The van der Waals surface area contributed by atoms with Crippen LogP contribution in [0, 0.1) is 0 Å². The highest BCUT2D eigenvalue weighted by Gasteiger charge is 2.28. The molecule has 0 amide bonds. The van der Waals surface area contributed by atoms with Gasteiger partial charge in [-0.15, -0.1) is 0 Å². The van der Waals surface area contributed by atoms with Gasteiger partial charge >= 0.3 is 0 Å². The molecule has 0 aliphatic carbocycles. The van der Waals surface area contributed by atoms with Crippen molar-refractivity contribution in [1.82, 2.24) is 9.97 Å². The average Bonchev–Trinajstić information content (AvgIpc) is 2.82. The predicted octanol–water partition coefficient (Wildman–Crippen LogP) is 4.56. The molecule has 0 radical (unpaired) electrons. The molecule has 0 spiro atoms. The Bertz CT molecular complexity index is 1280. The number of rotatable bonds is 4. The molecule has 0 saturated carbocycles. The summed E-state index contributed by atoms with van der Waals surface area (Å²) in [7, 11) is 4.83. The Morgan fingerprint density at radius 1 is 0.839 bits per heavy atom. The molecule has 5 rings (SSSR count). The first-order valence-electron chi connectivity index (χ1n) is 9.83. The van der Waals surface area contributed by atoms with Crippen LogP contribution in [0.1, 0.15) is 5.56 Å². The van der Waals surface area contributed by atoms with E-state index in [4.69, 9.17) is 19.9 Å². The normalized spacial score (nSPS) is 12.3. The van der Waals surface area contributed by atoms with E-state index >= 15 is 0 Å². The Kier molecular flexibility index (Phi) is 4.51. The summed E-state index contributed by atoms with van der Waals surface area (Å²) < 4.78 is 16.7. The van der Waals surface area contributed by atoms with Gasteiger partial charge in [-0.1, -0.05) is 0 Å². The second-order valence-corrected chi connectivity index (χ2v) is 7.29. The zero-order valence-electron chi connectivity index (χ0n) is 17.5. The van der Waals surface area contributed by atoms with Crippen molar-refractivity contribution in [2.24, 2.45) is 0 Å². The summed E-state index contributed by atoms with van der Waals surface area (Å²) >= 11 is 0. The zero-order valence-corrected chi connectivity index (χ0v) is 17.5. The van der Waals surface area contributed by atoms with Crippen molar-refractivity contribution >= 4 is 27.8 Å². The second-order valence-electron chi connectivity index (χ2n) is 7.29. The van der Waals surface area contributed by atoms with E-state index < -0.39 is 0 Å². The van der Waals surface area contributed by atoms with Gasteiger partial charge in [-0.25, -0.2) is 0 Å². The number of hydrogen-bond acceptors (Lipinski definition) is 7. The van der Waals surface area contributed by atoms with Crippen LogP contribution >= 0.6 is 0 Å². The van der Waals surface area contributed by atoms with Crippen LogP contribution in [0.3, 0.4) is 0 Å². The monoisotopic (exact) mass is 414 g/mol. The number of nitrogens with zero attached hydrogens (tertiary/aromatic N) is 3. The van der Waals surface area contributed by atoms with Crippen LogP contribution in [0.2, 0.25) is 0 Å². The number of nitrogen functional groups attached to an aromatic ring is 1. The molecule has 4 aromatic rings. The maximum atomic E-state index is 6.43. The molecular formula is C24H22N4O3. The van der Waals surface area contributed by atoms with Gasteiger partial charge in [-0.3, -0.25) is 9.97 Å². The molecule has 2 aromatic heterocycles. The molecule has 7 nitrogen and oxygen atoms in total. The summed E-state index contributed by atoms with van der Waals surface area (Å²) in [5, 5.41) is 1.94. The van der Waals surface area contributed by atoms with E-state index in [1.165, 1.54) is 0 Å². The number of methoxy groups -OCH3 is 3. The fourth-order valence-corrected chi connectivity index (χ4v) is 4.29. The molecule has 1 aliphatic heterocycles. The summed E-state index contributed by atoms with van der Waals surface area (Å²) in [6, 6.07) is 9.90. The molecular weight excluding hydrogens is 392 g/mol. The number of pyridine rings is 2. The van der Waals surface area contributed by atoms with Crippen molar-refractivity contribution in [1.29, 1.82) is 0 Å². The third kappa shape index (κ3) is 2.89. The van der Waals surface area contributed by atoms with E-state index in [2.05, 4.69) is 14.9 Å². The molecule has 31 heavy (non-hydrogen) atoms. The number of benzene rings is 2. The third-order valence-electron chi connectivity index (χ3n) is 5.70. The highest BCUT2D eigenvalue weighted by atomic mass is 16.5. The van der Waals surface area contributed by atoms with Gasteiger partial charge in [0.2, 0.25) is 5.75 Å². The Hall–Kier alpha value is -4.00. The third-order valence-corrected chi connectivity index (χ3v) is 5.70. The van der Waals surface area contributed by atoms with Crippen molar-refractivity contribution in [2.75, 3.05) is 32.0 Å². The molecule has 0 fully saturated rings. The van der Waals surface area contributed by atoms with Gasteiger partial charge in [0.1, 0.15) is 0 Å². The summed E-state index contributed by atoms with van der Waals surface area (Å²) in [6.45, 7) is 0.628. The van der Waals surface area contributed by atoms with E-state index in [0.717, 1.165) is 38.8 Å². The largest absolute Gasteiger partial charge is 0.493 e. The lowest BCUT2D eigenvalue weighted by Gasteiger charge is -2.34. The van der Waals surface area contributed by atoms with Gasteiger partial charge in [0.25, 0.3) is 0 Å². The molecule has 0 atom stereocenters. The van der Waals surface area contributed by atoms with E-state index in [9.17, 15) is 0 Å². The topological polar surface area (TPSA) is 82.7 Å². The van der Waals surface area contributed by atoms with Gasteiger partial charge in [0.15, 0.2) is 11.5 Å². The molecule has 2 aromatic carbocycles. The average molecular weight is 414 g/mol. The van der Waals surface area contributed by atoms with E-state index in [1.54, 1.807) is 33.7 Å². The zero-order chi connectivity index (χ0) is 21.5. The first kappa shape index (κ1) is 19.0. The minimum absolute atomic E-state index is 0.553. The molecule has 2 N–H and O–H groups in total. The minimum Gasteiger partial charge on any atom is -0.493 e. The SMILES string of the molecule is COc1cc(N2Cc3cnccc3-c3cc(N)c4ccncc4c32)cc(OC)c1OC. The van der Waals surface area contributed by atoms with Crippen LogP contribution in [0.15, 0.2) is 55.1 Å². The van der Waals surface area contributed by atoms with Crippen molar-refractivity contribution in [3.63, 3.8) is 0 Å². The maximum Gasteiger partial charge on any atom is 0.203 e. The van der Waals surface area contributed by atoms with Gasteiger partial charge in [0, 0.05) is 64.6 Å². The van der Waals surface area contributed by atoms with E-state index in [-0.39, 0.29) is 0 Å². The standard InChI is InChI=1S/C24H22N4O3/c1-29-21-8-15(9-22(30-2)24(21)31-3)28-13-14-11-26-6-4-16(14)18-10-20(25)17-5-7-27-12-19(17)23(18)28/h4-12H,13,25H2,1-3H3. The Balaban J connectivity index is 1.83. The van der Waals surface area contributed by atoms with Gasteiger partial charge in [-0.05, 0) is 29.3 Å². The summed E-state index contributed by atoms with van der Waals surface area (Å²) in [4.78, 5) is 10.9. The van der Waals surface area contributed by atoms with Crippen LogP contribution in [-0.4, -0.2) is 31.3 Å². The number of ether oxygens (including phenoxy) is 3. The van der Waals surface area contributed by atoms with Crippen LogP contribution in [0.4, 0.5) is 17.1 Å². The first-order chi connectivity index (χ1) is 15.2. The molecule has 7 heteroatoms. The lowest BCUT2D eigenvalue weighted by molar-refractivity contribution is 0.324. The number of fused-ring (bicyclic) bond motifs is 5. The molecule has 0 bridgehead atoms. The first-order valence-corrected chi connectivity index (χ1v) is 9.83. The smallest absolute Gasteiger partial charge is 0.203 e. The fourth-order valence-electron chi connectivity index (χ4n) is 4.29. The van der Waals surface area contributed by atoms with Crippen molar-refractivity contribution in [3.05, 3.63) is 60.7 Å². The summed E-state index contributed by atoms with van der Waals surface area (Å²) in [5.41, 5.74) is 12.3. The van der Waals surface area contributed by atoms with Crippen molar-refractivity contribution in [3.8, 4) is 28.4 Å². The molecule has 1 aliphatic rings. The number of aromatic nitrogens is 2. The highest BCUT2D eigenvalue weighted by Crippen LogP contribution is 2.50. The Morgan fingerprint density at radius 3 is 2.26 bits per heavy atom. The number of nitrogens with two attached hydrogens (primary N) is 1. The van der Waals surface area contributed by atoms with Crippen molar-refractivity contribution < 1.29 is 14.2 Å². The summed E-state index contributed by atoms with van der Waals surface area (Å²) in [6.07, 6.45) is 7.32. The number of hydrogen-bond donors (Lipinski definition) is 1. The van der Waals surface area contributed by atoms with Crippen LogP contribution in [-0.2, 0) is 6.54 Å². The van der Waals surface area contributed by atoms with Gasteiger partial charge in [-0.2, -0.15) is 0 Å². The van der Waals surface area contributed by atoms with E-state index in [0.29, 0.717) is 29.5 Å². The number of anilines is 3. The van der Waals surface area contributed by atoms with Gasteiger partial charge in [0.05, 0.1) is 33.6 Å². The predicted molar refractivity (Wildman–Crippen MR) is 121 cm³/mol. The summed E-state index contributed by atoms with van der Waals surface area (Å²) in [5.74, 6) is 1.73. The quantitative estimate of drug-likeness (QED) is 0.490. The van der Waals surface area contributed by atoms with Crippen LogP contribution in [0.5, 0.6) is 17.2 Å². The molecule has 0 saturated heterocycles. The lowest BCUT2D eigenvalue weighted by Crippen LogP contribution is -2.22. The van der Waals surface area contributed by atoms with Gasteiger partial charge < -0.3 is 24.8 Å². The van der Waals surface area contributed by atoms with Crippen LogP contribution < -0.4 is 24.8 Å². The highest BCUT2D eigenvalue weighted by molar-refractivity contribution is 6.10. The lowest BCUT2D eigenvalue weighted by atomic mass is 9.91. The Labute approximate surface area is 180 Å². The molecule has 156 valence electrons. The second kappa shape index (κ2) is 7.36. The van der Waals surface area contributed by atoms with E-state index in [1.807, 2.05) is 42.7 Å². The van der Waals surface area contributed by atoms with Crippen LogP contribution in [0.25, 0.3) is 21.9 Å². The molecule has 0 unspecified atom stereocenters. The molecule has 3 heterocycles.